The number of benzene rings is 1. The second-order valence-electron chi connectivity index (χ2n) is 2.64. The molecular weight excluding hydrogens is 158 g/mol. The van der Waals surface area contributed by atoms with E-state index >= 15 is 0 Å². The maximum Gasteiger partial charge on any atom is 0.275 e. The molecule has 4 nitrogen and oxygen atoms in total. The fraction of sp³-hybridized carbons (Fsp3) is 0.250. The molecule has 0 radical (unpaired) electrons. The van der Waals surface area contributed by atoms with Gasteiger partial charge in [0.2, 0.25) is 0 Å². The summed E-state index contributed by atoms with van der Waals surface area (Å²) >= 11 is 0. The summed E-state index contributed by atoms with van der Waals surface area (Å²) in [5, 5.41) is 10.5. The van der Waals surface area contributed by atoms with Crippen LogP contribution in [0.3, 0.4) is 0 Å². The van der Waals surface area contributed by atoms with Crippen LogP contribution in [0.5, 0.6) is 0 Å². The van der Waals surface area contributed by atoms with Gasteiger partial charge in [-0.2, -0.15) is 0 Å². The maximum absolute atomic E-state index is 10.5. The van der Waals surface area contributed by atoms with E-state index in [2.05, 4.69) is 0 Å². The molecule has 12 heavy (non-hydrogen) atoms. The average molecular weight is 165 g/mol. The molecule has 0 aliphatic carbocycles. The van der Waals surface area contributed by atoms with Crippen LogP contribution in [-0.4, -0.2) is 11.5 Å². The highest BCUT2D eigenvalue weighted by atomic mass is 16.6. The molecular formula is C8H7NO3. The van der Waals surface area contributed by atoms with Crippen LogP contribution in [0.2, 0.25) is 0 Å². The van der Waals surface area contributed by atoms with E-state index in [0.717, 1.165) is 0 Å². The molecule has 0 bridgehead atoms. The number of nitrogens with zero attached hydrogens (tertiary/aromatic N) is 1. The fourth-order valence-electron chi connectivity index (χ4n) is 1.15. The topological polar surface area (TPSA) is 55.7 Å². The van der Waals surface area contributed by atoms with Crippen LogP contribution in [0.4, 0.5) is 5.69 Å². The first kappa shape index (κ1) is 7.24. The van der Waals surface area contributed by atoms with Crippen molar-refractivity contribution in [2.45, 2.75) is 6.10 Å². The Morgan fingerprint density at radius 3 is 2.75 bits per heavy atom. The van der Waals surface area contributed by atoms with Gasteiger partial charge in [-0.3, -0.25) is 10.1 Å². The maximum atomic E-state index is 10.5. The van der Waals surface area contributed by atoms with Crippen molar-refractivity contribution >= 4 is 5.69 Å². The molecule has 0 aromatic heterocycles. The molecule has 0 amide bonds. The Morgan fingerprint density at radius 2 is 2.17 bits per heavy atom. The van der Waals surface area contributed by atoms with Crippen LogP contribution < -0.4 is 0 Å². The van der Waals surface area contributed by atoms with Crippen LogP contribution in [0.25, 0.3) is 0 Å². The van der Waals surface area contributed by atoms with E-state index in [1.807, 2.05) is 0 Å². The summed E-state index contributed by atoms with van der Waals surface area (Å²) in [4.78, 5) is 10.1. The van der Waals surface area contributed by atoms with E-state index < -0.39 is 0 Å². The van der Waals surface area contributed by atoms with Gasteiger partial charge in [-0.25, -0.2) is 0 Å². The highest BCUT2D eigenvalue weighted by Gasteiger charge is 2.31. The van der Waals surface area contributed by atoms with E-state index in [4.69, 9.17) is 4.74 Å². The van der Waals surface area contributed by atoms with Crippen molar-refractivity contribution in [1.82, 2.24) is 0 Å². The summed E-state index contributed by atoms with van der Waals surface area (Å²) in [5.74, 6) is 0. The molecule has 0 saturated carbocycles. The third-order valence-electron chi connectivity index (χ3n) is 1.81. The van der Waals surface area contributed by atoms with E-state index in [0.29, 0.717) is 12.2 Å². The molecule has 1 fully saturated rings. The number of epoxide rings is 1. The number of rotatable bonds is 2. The van der Waals surface area contributed by atoms with Gasteiger partial charge in [0, 0.05) is 6.07 Å². The molecule has 1 aromatic rings. The standard InChI is InChI=1S/C8H7NO3/c10-9(11)7-4-2-1-3-6(7)8-5-12-8/h1-4,8H,5H2/t8-/m0/s1. The van der Waals surface area contributed by atoms with Gasteiger partial charge >= 0.3 is 0 Å². The van der Waals surface area contributed by atoms with Gasteiger partial charge in [0.05, 0.1) is 17.1 Å². The molecule has 2 rings (SSSR count). The summed E-state index contributed by atoms with van der Waals surface area (Å²) in [5.41, 5.74) is 0.836. The molecule has 62 valence electrons. The molecule has 1 aliphatic rings. The van der Waals surface area contributed by atoms with E-state index in [9.17, 15) is 10.1 Å². The molecule has 1 aromatic carbocycles. The van der Waals surface area contributed by atoms with Gasteiger partial charge in [0.25, 0.3) is 5.69 Å². The van der Waals surface area contributed by atoms with Gasteiger partial charge in [-0.1, -0.05) is 12.1 Å². The number of nitro benzene ring substituents is 1. The average Bonchev–Trinajstić information content (AvgIpc) is 2.87. The normalized spacial score (nSPS) is 20.5. The first-order valence-electron chi connectivity index (χ1n) is 3.64. The van der Waals surface area contributed by atoms with E-state index in [1.54, 1.807) is 18.2 Å². The van der Waals surface area contributed by atoms with Crippen LogP contribution >= 0.6 is 0 Å². The smallest absolute Gasteiger partial charge is 0.275 e. The highest BCUT2D eigenvalue weighted by Crippen LogP contribution is 2.35. The van der Waals surface area contributed by atoms with E-state index in [-0.39, 0.29) is 16.7 Å². The molecule has 1 saturated heterocycles. The molecule has 0 unspecified atom stereocenters. The molecule has 4 heteroatoms. The largest absolute Gasteiger partial charge is 0.368 e. The van der Waals surface area contributed by atoms with Gasteiger partial charge < -0.3 is 4.74 Å². The Kier molecular flexibility index (Phi) is 1.55. The predicted octanol–water partition coefficient (Wildman–Crippen LogP) is 1.67. The lowest BCUT2D eigenvalue weighted by Gasteiger charge is -1.96. The van der Waals surface area contributed by atoms with Gasteiger partial charge in [-0.05, 0) is 6.07 Å². The van der Waals surface area contributed by atoms with Crippen molar-refractivity contribution in [3.63, 3.8) is 0 Å². The zero-order valence-corrected chi connectivity index (χ0v) is 6.27. The molecule has 0 N–H and O–H groups in total. The zero-order chi connectivity index (χ0) is 8.55. The summed E-state index contributed by atoms with van der Waals surface area (Å²) in [6.07, 6.45) is -0.0494. The molecule has 0 spiro atoms. The second-order valence-corrected chi connectivity index (χ2v) is 2.64. The van der Waals surface area contributed by atoms with Crippen LogP contribution in [-0.2, 0) is 4.74 Å². The van der Waals surface area contributed by atoms with E-state index in [1.165, 1.54) is 6.07 Å². The Balaban J connectivity index is 2.43. The Morgan fingerprint density at radius 1 is 1.50 bits per heavy atom. The van der Waals surface area contributed by atoms with Crippen LogP contribution in [0, 0.1) is 10.1 Å². The van der Waals surface area contributed by atoms with Crippen molar-refractivity contribution in [2.75, 3.05) is 6.61 Å². The Bertz CT molecular complexity index is 320. The minimum Gasteiger partial charge on any atom is -0.368 e. The number of hydrogen-bond acceptors (Lipinski definition) is 3. The lowest BCUT2D eigenvalue weighted by molar-refractivity contribution is -0.385. The number of para-hydroxylation sites is 1. The van der Waals surface area contributed by atoms with Crippen LogP contribution in [0.1, 0.15) is 11.7 Å². The molecule has 1 aliphatic heterocycles. The van der Waals surface area contributed by atoms with Crippen molar-refractivity contribution in [3.8, 4) is 0 Å². The summed E-state index contributed by atoms with van der Waals surface area (Å²) in [6, 6.07) is 6.67. The quantitative estimate of drug-likeness (QED) is 0.380. The molecule has 1 heterocycles. The highest BCUT2D eigenvalue weighted by molar-refractivity contribution is 5.42. The first-order valence-corrected chi connectivity index (χ1v) is 3.64. The minimum atomic E-state index is -0.378. The third kappa shape index (κ3) is 1.16. The number of ether oxygens (including phenoxy) is 1. The fourth-order valence-corrected chi connectivity index (χ4v) is 1.15. The van der Waals surface area contributed by atoms with Gasteiger partial charge in [0.15, 0.2) is 0 Å². The Hall–Kier alpha value is -1.42. The van der Waals surface area contributed by atoms with Crippen molar-refractivity contribution in [1.29, 1.82) is 0 Å². The SMILES string of the molecule is O=[N+]([O-])c1ccccc1[C@@H]1CO1. The molecule has 1 atom stereocenters. The lowest BCUT2D eigenvalue weighted by Crippen LogP contribution is -1.93. The summed E-state index contributed by atoms with van der Waals surface area (Å²) < 4.78 is 4.98. The van der Waals surface area contributed by atoms with Crippen molar-refractivity contribution in [2.24, 2.45) is 0 Å². The monoisotopic (exact) mass is 165 g/mol. The second kappa shape index (κ2) is 2.57. The summed E-state index contributed by atoms with van der Waals surface area (Å²) in [7, 11) is 0. The van der Waals surface area contributed by atoms with Gasteiger partial charge in [-0.15, -0.1) is 0 Å². The Labute approximate surface area is 68.9 Å². The van der Waals surface area contributed by atoms with Crippen molar-refractivity contribution < 1.29 is 9.66 Å². The summed E-state index contributed by atoms with van der Waals surface area (Å²) in [6.45, 7) is 0.602. The zero-order valence-electron chi connectivity index (χ0n) is 6.27. The van der Waals surface area contributed by atoms with Crippen molar-refractivity contribution in [3.05, 3.63) is 39.9 Å². The predicted molar refractivity (Wildman–Crippen MR) is 41.8 cm³/mol. The lowest BCUT2D eigenvalue weighted by atomic mass is 10.1. The third-order valence-corrected chi connectivity index (χ3v) is 1.81. The minimum absolute atomic E-state index is 0.0494. The van der Waals surface area contributed by atoms with Crippen LogP contribution in [0.15, 0.2) is 24.3 Å². The number of nitro groups is 1. The number of hydrogen-bond donors (Lipinski definition) is 0. The van der Waals surface area contributed by atoms with Gasteiger partial charge in [0.1, 0.15) is 6.10 Å². The first-order chi connectivity index (χ1) is 5.79.